The van der Waals surface area contributed by atoms with Crippen LogP contribution in [0, 0.1) is 11.3 Å². The first-order chi connectivity index (χ1) is 14.6. The van der Waals surface area contributed by atoms with Crippen molar-refractivity contribution < 1.29 is 9.59 Å². The molecule has 0 bridgehead atoms. The molecule has 0 radical (unpaired) electrons. The van der Waals surface area contributed by atoms with E-state index in [0.29, 0.717) is 28.5 Å². The molecule has 0 saturated heterocycles. The predicted octanol–water partition coefficient (Wildman–Crippen LogP) is 4.80. The third-order valence-electron chi connectivity index (χ3n) is 4.80. The Morgan fingerprint density at radius 1 is 0.967 bits per heavy atom. The Morgan fingerprint density at radius 2 is 1.63 bits per heavy atom. The number of nitrogens with zero attached hydrogens (tertiary/aromatic N) is 2. The molecule has 1 N–H and O–H groups in total. The van der Waals surface area contributed by atoms with Crippen LogP contribution in [0.2, 0.25) is 5.02 Å². The van der Waals surface area contributed by atoms with Gasteiger partial charge < -0.3 is 10.2 Å². The van der Waals surface area contributed by atoms with Crippen LogP contribution in [-0.4, -0.2) is 11.8 Å². The van der Waals surface area contributed by atoms with E-state index in [4.69, 9.17) is 11.6 Å². The number of benzene rings is 3. The van der Waals surface area contributed by atoms with Crippen LogP contribution >= 0.6 is 11.6 Å². The molecule has 1 aliphatic heterocycles. The van der Waals surface area contributed by atoms with Crippen LogP contribution in [0.3, 0.4) is 0 Å². The summed E-state index contributed by atoms with van der Waals surface area (Å²) in [7, 11) is 0. The average molecular weight is 414 g/mol. The van der Waals surface area contributed by atoms with Crippen molar-refractivity contribution in [2.75, 3.05) is 10.2 Å². The maximum Gasteiger partial charge on any atom is 0.267 e. The minimum absolute atomic E-state index is 0.107. The number of para-hydroxylation sites is 1. The van der Waals surface area contributed by atoms with Crippen molar-refractivity contribution in [1.82, 2.24) is 0 Å². The lowest BCUT2D eigenvalue weighted by molar-refractivity contribution is -0.114. The molecule has 0 spiro atoms. The first-order valence-corrected chi connectivity index (χ1v) is 9.63. The van der Waals surface area contributed by atoms with E-state index in [-0.39, 0.29) is 17.1 Å². The number of halogens is 1. The van der Waals surface area contributed by atoms with Gasteiger partial charge in [-0.3, -0.25) is 9.59 Å². The van der Waals surface area contributed by atoms with Gasteiger partial charge in [0, 0.05) is 16.3 Å². The lowest BCUT2D eigenvalue weighted by Gasteiger charge is -2.17. The summed E-state index contributed by atoms with van der Waals surface area (Å²) in [6.07, 6.45) is 0. The van der Waals surface area contributed by atoms with Crippen molar-refractivity contribution in [2.45, 2.75) is 6.54 Å². The molecule has 30 heavy (non-hydrogen) atoms. The quantitative estimate of drug-likeness (QED) is 0.493. The number of anilines is 2. The summed E-state index contributed by atoms with van der Waals surface area (Å²) in [5.74, 6) is -1.01. The molecule has 0 aliphatic carbocycles. The SMILES string of the molecule is N#C/C(C(=O)Nc1ccc(Cl)cc1)=C1/C(=O)N(Cc2ccccc2)c2ccccc21. The van der Waals surface area contributed by atoms with Gasteiger partial charge in [0.2, 0.25) is 0 Å². The van der Waals surface area contributed by atoms with Crippen LogP contribution in [0.25, 0.3) is 5.57 Å². The Hall–Kier alpha value is -3.88. The highest BCUT2D eigenvalue weighted by atomic mass is 35.5. The summed E-state index contributed by atoms with van der Waals surface area (Å²) < 4.78 is 0. The van der Waals surface area contributed by atoms with E-state index in [0.717, 1.165) is 5.56 Å². The Balaban J connectivity index is 1.73. The number of carbonyl (C=O) groups excluding carboxylic acids is 2. The maximum atomic E-state index is 13.3. The number of amides is 2. The maximum absolute atomic E-state index is 13.3. The number of hydrogen-bond acceptors (Lipinski definition) is 3. The van der Waals surface area contributed by atoms with Gasteiger partial charge in [-0.15, -0.1) is 0 Å². The molecule has 1 aliphatic rings. The van der Waals surface area contributed by atoms with E-state index in [1.54, 1.807) is 41.3 Å². The molecule has 0 unspecified atom stereocenters. The van der Waals surface area contributed by atoms with Crippen LogP contribution in [0.4, 0.5) is 11.4 Å². The number of rotatable bonds is 4. The molecule has 1 heterocycles. The van der Waals surface area contributed by atoms with Crippen molar-refractivity contribution in [2.24, 2.45) is 0 Å². The fourth-order valence-corrected chi connectivity index (χ4v) is 3.52. The number of fused-ring (bicyclic) bond motifs is 1. The Kier molecular flexibility index (Phi) is 5.34. The molecular weight excluding hydrogens is 398 g/mol. The molecular formula is C24H16ClN3O2. The minimum atomic E-state index is -0.639. The summed E-state index contributed by atoms with van der Waals surface area (Å²) in [6.45, 7) is 0.345. The molecule has 2 amide bonds. The van der Waals surface area contributed by atoms with Gasteiger partial charge in [0.1, 0.15) is 11.6 Å². The van der Waals surface area contributed by atoms with Gasteiger partial charge in [0.25, 0.3) is 11.8 Å². The zero-order valence-corrected chi connectivity index (χ0v) is 16.6. The van der Waals surface area contributed by atoms with Gasteiger partial charge >= 0.3 is 0 Å². The first kappa shape index (κ1) is 19.4. The molecule has 3 aromatic carbocycles. The van der Waals surface area contributed by atoms with Crippen molar-refractivity contribution in [3.63, 3.8) is 0 Å². The van der Waals surface area contributed by atoms with Crippen molar-refractivity contribution in [3.05, 3.63) is 101 Å². The van der Waals surface area contributed by atoms with Crippen LogP contribution in [0.15, 0.2) is 84.4 Å². The highest BCUT2D eigenvalue weighted by Crippen LogP contribution is 2.39. The van der Waals surface area contributed by atoms with E-state index in [9.17, 15) is 14.9 Å². The largest absolute Gasteiger partial charge is 0.321 e. The molecule has 6 heteroatoms. The number of nitrogens with one attached hydrogen (secondary N) is 1. The monoisotopic (exact) mass is 413 g/mol. The summed E-state index contributed by atoms with van der Waals surface area (Å²) in [4.78, 5) is 27.7. The van der Waals surface area contributed by atoms with Gasteiger partial charge in [0.05, 0.1) is 17.8 Å². The molecule has 0 atom stereocenters. The van der Waals surface area contributed by atoms with Crippen molar-refractivity contribution >= 4 is 40.4 Å². The Bertz CT molecular complexity index is 1200. The minimum Gasteiger partial charge on any atom is -0.321 e. The zero-order chi connectivity index (χ0) is 21.1. The highest BCUT2D eigenvalue weighted by molar-refractivity contribution is 6.37. The summed E-state index contributed by atoms with van der Waals surface area (Å²) in [5, 5.41) is 12.9. The second-order valence-corrected chi connectivity index (χ2v) is 7.15. The van der Waals surface area contributed by atoms with Crippen LogP contribution in [0.1, 0.15) is 11.1 Å². The van der Waals surface area contributed by atoms with E-state index < -0.39 is 5.91 Å². The van der Waals surface area contributed by atoms with Crippen LogP contribution < -0.4 is 10.2 Å². The van der Waals surface area contributed by atoms with E-state index in [2.05, 4.69) is 5.32 Å². The third-order valence-corrected chi connectivity index (χ3v) is 5.05. The van der Waals surface area contributed by atoms with Gasteiger partial charge in [-0.1, -0.05) is 60.1 Å². The molecule has 0 fully saturated rings. The normalized spacial score (nSPS) is 14.1. The van der Waals surface area contributed by atoms with Crippen molar-refractivity contribution in [3.8, 4) is 6.07 Å². The summed E-state index contributed by atoms with van der Waals surface area (Å²) in [6, 6.07) is 25.2. The predicted molar refractivity (Wildman–Crippen MR) is 117 cm³/mol. The number of hydrogen-bond donors (Lipinski definition) is 1. The van der Waals surface area contributed by atoms with Gasteiger partial charge in [-0.2, -0.15) is 5.26 Å². The molecule has 4 rings (SSSR count). The lowest BCUT2D eigenvalue weighted by atomic mass is 10.0. The molecule has 0 saturated carbocycles. The smallest absolute Gasteiger partial charge is 0.267 e. The second kappa shape index (κ2) is 8.24. The van der Waals surface area contributed by atoms with Crippen LogP contribution in [0.5, 0.6) is 0 Å². The molecule has 3 aromatic rings. The Morgan fingerprint density at radius 3 is 2.33 bits per heavy atom. The second-order valence-electron chi connectivity index (χ2n) is 6.72. The summed E-state index contributed by atoms with van der Waals surface area (Å²) in [5.41, 5.74) is 2.56. The first-order valence-electron chi connectivity index (χ1n) is 9.25. The van der Waals surface area contributed by atoms with Gasteiger partial charge in [0.15, 0.2) is 0 Å². The van der Waals surface area contributed by atoms with E-state index in [1.807, 2.05) is 48.5 Å². The fourth-order valence-electron chi connectivity index (χ4n) is 3.39. The highest BCUT2D eigenvalue weighted by Gasteiger charge is 2.36. The zero-order valence-electron chi connectivity index (χ0n) is 15.8. The lowest BCUT2D eigenvalue weighted by Crippen LogP contribution is -2.27. The number of nitriles is 1. The molecule has 146 valence electrons. The van der Waals surface area contributed by atoms with Crippen LogP contribution in [-0.2, 0) is 16.1 Å². The van der Waals surface area contributed by atoms with E-state index >= 15 is 0 Å². The standard InChI is InChI=1S/C24H16ClN3O2/c25-17-10-12-18(13-11-17)27-23(29)20(14-26)22-19-8-4-5-9-21(19)28(24(22)30)15-16-6-2-1-3-7-16/h1-13H,15H2,(H,27,29)/b22-20-. The third kappa shape index (κ3) is 3.69. The summed E-state index contributed by atoms with van der Waals surface area (Å²) >= 11 is 5.87. The number of carbonyl (C=O) groups is 2. The molecule has 0 aromatic heterocycles. The average Bonchev–Trinajstić information content (AvgIpc) is 3.03. The van der Waals surface area contributed by atoms with E-state index in [1.165, 1.54) is 0 Å². The van der Waals surface area contributed by atoms with Gasteiger partial charge in [-0.05, 0) is 35.9 Å². The topological polar surface area (TPSA) is 73.2 Å². The van der Waals surface area contributed by atoms with Crippen molar-refractivity contribution in [1.29, 1.82) is 5.26 Å². The Labute approximate surface area is 178 Å². The molecule has 5 nitrogen and oxygen atoms in total. The van der Waals surface area contributed by atoms with Gasteiger partial charge in [-0.25, -0.2) is 0 Å². The fraction of sp³-hybridized carbons (Fsp3) is 0.0417.